The van der Waals surface area contributed by atoms with Crippen LogP contribution in [0.1, 0.15) is 34.3 Å². The third-order valence-corrected chi connectivity index (χ3v) is 7.00. The Labute approximate surface area is 211 Å². The number of benzene rings is 3. The van der Waals surface area contributed by atoms with Gasteiger partial charge in [-0.3, -0.25) is 13.9 Å². The number of carbonyl (C=O) groups excluding carboxylic acids is 2. The maximum absolute atomic E-state index is 12.7. The molecular weight excluding hydrogens is 486 g/mol. The molecule has 184 valence electrons. The second-order valence-corrected chi connectivity index (χ2v) is 10.4. The normalized spacial score (nSPS) is 11.1. The summed E-state index contributed by atoms with van der Waals surface area (Å²) in [5, 5.41) is 6.10. The molecule has 0 saturated heterocycles. The molecule has 0 aliphatic heterocycles. The van der Waals surface area contributed by atoms with E-state index in [2.05, 4.69) is 10.6 Å². The molecule has 3 rings (SSSR count). The van der Waals surface area contributed by atoms with E-state index >= 15 is 0 Å². The number of hydrogen-bond acceptors (Lipinski definition) is 4. The summed E-state index contributed by atoms with van der Waals surface area (Å²) in [4.78, 5) is 25.3. The fraction of sp³-hybridized carbons (Fsp3) is 0.231. The second kappa shape index (κ2) is 11.9. The lowest BCUT2D eigenvalue weighted by atomic mass is 10.1. The Balaban J connectivity index is 1.61. The number of sulfonamides is 1. The Morgan fingerprint density at radius 2 is 1.63 bits per heavy atom. The molecule has 9 heteroatoms. The zero-order valence-electron chi connectivity index (χ0n) is 19.6. The maximum atomic E-state index is 12.7. The Hall–Kier alpha value is -3.36. The molecule has 0 bridgehead atoms. The van der Waals surface area contributed by atoms with Crippen molar-refractivity contribution in [1.29, 1.82) is 0 Å². The Kier molecular flexibility index (Phi) is 8.89. The van der Waals surface area contributed by atoms with Crippen LogP contribution in [-0.4, -0.2) is 33.0 Å². The monoisotopic (exact) mass is 513 g/mol. The zero-order valence-corrected chi connectivity index (χ0v) is 21.2. The second-order valence-electron chi connectivity index (χ2n) is 8.08. The van der Waals surface area contributed by atoms with Gasteiger partial charge in [0, 0.05) is 24.5 Å². The SMILES string of the molecule is Cc1c(Cl)cccc1N(CCCC(=O)Nc1ccccc1C(=O)NCc1ccccc1)S(C)(=O)=O. The summed E-state index contributed by atoms with van der Waals surface area (Å²) in [6.45, 7) is 2.24. The van der Waals surface area contributed by atoms with Gasteiger partial charge in [-0.2, -0.15) is 0 Å². The molecule has 0 fully saturated rings. The van der Waals surface area contributed by atoms with E-state index in [0.29, 0.717) is 34.1 Å². The molecule has 0 unspecified atom stereocenters. The highest BCUT2D eigenvalue weighted by Gasteiger charge is 2.20. The van der Waals surface area contributed by atoms with Gasteiger partial charge in [-0.05, 0) is 48.7 Å². The Bertz CT molecular complexity index is 1300. The van der Waals surface area contributed by atoms with Crippen molar-refractivity contribution in [3.05, 3.63) is 94.5 Å². The van der Waals surface area contributed by atoms with Crippen LogP contribution in [0, 0.1) is 6.92 Å². The van der Waals surface area contributed by atoms with Crippen LogP contribution in [0.2, 0.25) is 5.02 Å². The van der Waals surface area contributed by atoms with Crippen LogP contribution in [0.4, 0.5) is 11.4 Å². The number of rotatable bonds is 10. The van der Waals surface area contributed by atoms with Crippen LogP contribution in [-0.2, 0) is 21.4 Å². The third-order valence-electron chi connectivity index (χ3n) is 5.41. The number of halogens is 1. The van der Waals surface area contributed by atoms with E-state index in [1.165, 1.54) is 4.31 Å². The van der Waals surface area contributed by atoms with Gasteiger partial charge in [-0.25, -0.2) is 8.42 Å². The first-order valence-corrected chi connectivity index (χ1v) is 13.3. The smallest absolute Gasteiger partial charge is 0.253 e. The summed E-state index contributed by atoms with van der Waals surface area (Å²) in [5.41, 5.74) is 2.85. The molecule has 0 atom stereocenters. The molecule has 0 heterocycles. The van der Waals surface area contributed by atoms with Crippen LogP contribution in [0.3, 0.4) is 0 Å². The highest BCUT2D eigenvalue weighted by molar-refractivity contribution is 7.92. The van der Waals surface area contributed by atoms with Crippen LogP contribution in [0.5, 0.6) is 0 Å². The molecule has 0 radical (unpaired) electrons. The van der Waals surface area contributed by atoms with Crippen LogP contribution < -0.4 is 14.9 Å². The molecule has 0 aliphatic carbocycles. The van der Waals surface area contributed by atoms with Crippen molar-refractivity contribution in [2.24, 2.45) is 0 Å². The number of hydrogen-bond donors (Lipinski definition) is 2. The molecule has 2 amide bonds. The maximum Gasteiger partial charge on any atom is 0.253 e. The minimum Gasteiger partial charge on any atom is -0.348 e. The summed E-state index contributed by atoms with van der Waals surface area (Å²) in [6, 6.07) is 21.4. The summed E-state index contributed by atoms with van der Waals surface area (Å²) >= 11 is 6.16. The predicted molar refractivity (Wildman–Crippen MR) is 140 cm³/mol. The van der Waals surface area contributed by atoms with Gasteiger partial charge in [-0.15, -0.1) is 0 Å². The summed E-state index contributed by atoms with van der Waals surface area (Å²) in [5.74, 6) is -0.617. The lowest BCUT2D eigenvalue weighted by molar-refractivity contribution is -0.116. The Morgan fingerprint density at radius 1 is 0.943 bits per heavy atom. The van der Waals surface area contributed by atoms with Gasteiger partial charge < -0.3 is 10.6 Å². The fourth-order valence-corrected chi connectivity index (χ4v) is 4.78. The standard InChI is InChI=1S/C26H28ClN3O4S/c1-19-22(27)13-8-15-24(19)30(35(2,33)34)17-9-16-25(31)29-23-14-7-6-12-21(23)26(32)28-18-20-10-4-3-5-11-20/h3-8,10-15H,9,16-18H2,1-2H3,(H,28,32)(H,29,31). The molecule has 2 N–H and O–H groups in total. The molecule has 3 aromatic carbocycles. The zero-order chi connectivity index (χ0) is 25.4. The van der Waals surface area contributed by atoms with E-state index in [1.54, 1.807) is 49.4 Å². The quantitative estimate of drug-likeness (QED) is 0.408. The van der Waals surface area contributed by atoms with E-state index in [0.717, 1.165) is 11.8 Å². The molecule has 0 aromatic heterocycles. The van der Waals surface area contributed by atoms with Crippen molar-refractivity contribution in [3.8, 4) is 0 Å². The first-order chi connectivity index (χ1) is 16.7. The number of amides is 2. The predicted octanol–water partition coefficient (Wildman–Crippen LogP) is 4.76. The van der Waals surface area contributed by atoms with Gasteiger partial charge in [0.15, 0.2) is 0 Å². The molecule has 0 saturated carbocycles. The summed E-state index contributed by atoms with van der Waals surface area (Å²) < 4.78 is 26.0. The first-order valence-electron chi connectivity index (χ1n) is 11.1. The van der Waals surface area contributed by atoms with Gasteiger partial charge in [0.25, 0.3) is 5.91 Å². The van der Waals surface area contributed by atoms with E-state index < -0.39 is 10.0 Å². The number of carbonyl (C=O) groups is 2. The minimum atomic E-state index is -3.57. The van der Waals surface area contributed by atoms with E-state index in [-0.39, 0.29) is 31.2 Å². The first kappa shape index (κ1) is 26.2. The van der Waals surface area contributed by atoms with Crippen molar-refractivity contribution in [3.63, 3.8) is 0 Å². The summed E-state index contributed by atoms with van der Waals surface area (Å²) in [6.07, 6.45) is 1.48. The van der Waals surface area contributed by atoms with Crippen LogP contribution in [0.15, 0.2) is 72.8 Å². The minimum absolute atomic E-state index is 0.0750. The number of nitrogens with zero attached hydrogens (tertiary/aromatic N) is 1. The molecular formula is C26H28ClN3O4S. The lowest BCUT2D eigenvalue weighted by Crippen LogP contribution is -2.32. The van der Waals surface area contributed by atoms with Crippen molar-refractivity contribution in [2.45, 2.75) is 26.3 Å². The highest BCUT2D eigenvalue weighted by atomic mass is 35.5. The molecule has 3 aromatic rings. The largest absolute Gasteiger partial charge is 0.348 e. The summed E-state index contributed by atoms with van der Waals surface area (Å²) in [7, 11) is -3.57. The van der Waals surface area contributed by atoms with Crippen molar-refractivity contribution in [1.82, 2.24) is 5.32 Å². The fourth-order valence-electron chi connectivity index (χ4n) is 3.59. The van der Waals surface area contributed by atoms with Gasteiger partial charge >= 0.3 is 0 Å². The van der Waals surface area contributed by atoms with Crippen LogP contribution >= 0.6 is 11.6 Å². The van der Waals surface area contributed by atoms with Gasteiger partial charge in [0.2, 0.25) is 15.9 Å². The molecule has 0 spiro atoms. The lowest BCUT2D eigenvalue weighted by Gasteiger charge is -2.24. The van der Waals surface area contributed by atoms with Crippen molar-refractivity contribution >= 4 is 44.8 Å². The van der Waals surface area contributed by atoms with E-state index in [9.17, 15) is 18.0 Å². The Morgan fingerprint density at radius 3 is 2.34 bits per heavy atom. The molecule has 7 nitrogen and oxygen atoms in total. The number of anilines is 2. The third kappa shape index (κ3) is 7.31. The topological polar surface area (TPSA) is 95.6 Å². The van der Waals surface area contributed by atoms with E-state index in [4.69, 9.17) is 11.6 Å². The van der Waals surface area contributed by atoms with Crippen LogP contribution in [0.25, 0.3) is 0 Å². The van der Waals surface area contributed by atoms with E-state index in [1.807, 2.05) is 30.3 Å². The number of para-hydroxylation sites is 1. The number of nitrogens with one attached hydrogen (secondary N) is 2. The van der Waals surface area contributed by atoms with Gasteiger partial charge in [0.05, 0.1) is 23.2 Å². The van der Waals surface area contributed by atoms with Crippen molar-refractivity contribution < 1.29 is 18.0 Å². The van der Waals surface area contributed by atoms with Gasteiger partial charge in [0.1, 0.15) is 0 Å². The molecule has 35 heavy (non-hydrogen) atoms. The average molecular weight is 514 g/mol. The average Bonchev–Trinajstić information content (AvgIpc) is 2.83. The van der Waals surface area contributed by atoms with Gasteiger partial charge in [-0.1, -0.05) is 60.1 Å². The van der Waals surface area contributed by atoms with Crippen molar-refractivity contribution in [2.75, 3.05) is 22.4 Å². The molecule has 0 aliphatic rings. The highest BCUT2D eigenvalue weighted by Crippen LogP contribution is 2.28.